The molecule has 1 aromatic carbocycles. The van der Waals surface area contributed by atoms with Crippen LogP contribution >= 0.6 is 0 Å². The van der Waals surface area contributed by atoms with E-state index in [1.807, 2.05) is 24.3 Å². The van der Waals surface area contributed by atoms with E-state index in [0.29, 0.717) is 0 Å². The number of aliphatic hydroxyl groups excluding tert-OH is 3. The average molecular weight is 412 g/mol. The van der Waals surface area contributed by atoms with Gasteiger partial charge < -0.3 is 29.2 Å². The van der Waals surface area contributed by atoms with Crippen LogP contribution in [0.2, 0.25) is 18.1 Å². The highest BCUT2D eigenvalue weighted by atomic mass is 28.4. The van der Waals surface area contributed by atoms with Crippen molar-refractivity contribution in [1.29, 1.82) is 0 Å². The molecule has 158 valence electrons. The Morgan fingerprint density at radius 2 is 1.75 bits per heavy atom. The molecule has 1 aromatic rings. The molecule has 0 radical (unpaired) electrons. The van der Waals surface area contributed by atoms with Crippen LogP contribution < -0.4 is 4.74 Å². The van der Waals surface area contributed by atoms with E-state index in [1.54, 1.807) is 13.3 Å². The Hall–Kier alpha value is -1.29. The van der Waals surface area contributed by atoms with Gasteiger partial charge in [0.25, 0.3) is 0 Å². The molecule has 28 heavy (non-hydrogen) atoms. The van der Waals surface area contributed by atoms with Gasteiger partial charge in [-0.15, -0.1) is 0 Å². The van der Waals surface area contributed by atoms with Crippen LogP contribution in [0.15, 0.2) is 29.3 Å². The number of benzene rings is 1. The molecule has 1 fully saturated rings. The van der Waals surface area contributed by atoms with Crippen molar-refractivity contribution in [2.75, 3.05) is 13.7 Å². The highest BCUT2D eigenvalue weighted by Crippen LogP contribution is 2.39. The molecule has 0 amide bonds. The third kappa shape index (κ3) is 5.19. The fourth-order valence-electron chi connectivity index (χ4n) is 2.65. The zero-order valence-electron chi connectivity index (χ0n) is 17.5. The maximum absolute atomic E-state index is 10.6. The van der Waals surface area contributed by atoms with E-state index in [1.165, 1.54) is 0 Å². The van der Waals surface area contributed by atoms with Gasteiger partial charge in [0.15, 0.2) is 14.6 Å². The Bertz CT molecular complexity index is 658. The van der Waals surface area contributed by atoms with Crippen molar-refractivity contribution in [3.05, 3.63) is 29.8 Å². The van der Waals surface area contributed by atoms with Crippen molar-refractivity contribution in [2.24, 2.45) is 4.99 Å². The summed E-state index contributed by atoms with van der Waals surface area (Å²) in [6.45, 7) is 10.0. The van der Waals surface area contributed by atoms with Gasteiger partial charge in [-0.05, 0) is 48.0 Å². The molecular weight excluding hydrogens is 378 g/mol. The highest BCUT2D eigenvalue weighted by molar-refractivity contribution is 6.74. The summed E-state index contributed by atoms with van der Waals surface area (Å²) in [5.74, 6) is 0.735. The van der Waals surface area contributed by atoms with Crippen LogP contribution in [0.25, 0.3) is 0 Å². The first kappa shape index (κ1) is 23.0. The van der Waals surface area contributed by atoms with Gasteiger partial charge in [-0.3, -0.25) is 4.99 Å². The molecule has 1 aliphatic heterocycles. The Balaban J connectivity index is 2.27. The monoisotopic (exact) mass is 411 g/mol. The summed E-state index contributed by atoms with van der Waals surface area (Å²) in [7, 11) is -0.641. The van der Waals surface area contributed by atoms with Crippen LogP contribution in [-0.2, 0) is 9.16 Å². The van der Waals surface area contributed by atoms with E-state index in [-0.39, 0.29) is 5.04 Å². The van der Waals surface area contributed by atoms with Crippen LogP contribution in [-0.4, -0.2) is 74.2 Å². The number of rotatable bonds is 6. The second-order valence-electron chi connectivity index (χ2n) is 8.63. The molecule has 5 atom stereocenters. The SMILES string of the molecule is COc1ccc(C=N[C@H]2C(O[Si](C)(C)C(C)(C)C)O[C@H](CO)[C@@H](O)[C@@H]2O)cc1. The molecule has 2 rings (SSSR count). The van der Waals surface area contributed by atoms with E-state index >= 15 is 0 Å². The molecule has 0 spiro atoms. The molecule has 1 aliphatic rings. The first-order valence-corrected chi connectivity index (χ1v) is 12.4. The zero-order chi connectivity index (χ0) is 21.1. The van der Waals surface area contributed by atoms with Gasteiger partial charge in [-0.1, -0.05) is 20.8 Å². The van der Waals surface area contributed by atoms with Crippen LogP contribution in [0.4, 0.5) is 0 Å². The third-order valence-corrected chi connectivity index (χ3v) is 10.0. The number of hydrogen-bond acceptors (Lipinski definition) is 7. The van der Waals surface area contributed by atoms with Crippen LogP contribution in [0.3, 0.4) is 0 Å². The predicted octanol–water partition coefficient (Wildman–Crippen LogP) is 1.94. The highest BCUT2D eigenvalue weighted by Gasteiger charge is 2.49. The van der Waals surface area contributed by atoms with Gasteiger partial charge in [0.1, 0.15) is 30.1 Å². The van der Waals surface area contributed by atoms with Crippen LogP contribution in [0.1, 0.15) is 26.3 Å². The normalized spacial score (nSPS) is 29.2. The maximum Gasteiger partial charge on any atom is 0.195 e. The molecule has 0 saturated carbocycles. The van der Waals surface area contributed by atoms with Crippen molar-refractivity contribution < 1.29 is 29.2 Å². The summed E-state index contributed by atoms with van der Waals surface area (Å²) in [5.41, 5.74) is 0.817. The number of hydrogen-bond donors (Lipinski definition) is 3. The average Bonchev–Trinajstić information content (AvgIpc) is 2.63. The molecular formula is C20H33NO6Si. The Labute approximate surface area is 168 Å². The number of aliphatic imine (C=N–C) groups is 1. The summed E-state index contributed by atoms with van der Waals surface area (Å²) in [6.07, 6.45) is -2.62. The van der Waals surface area contributed by atoms with Crippen molar-refractivity contribution in [3.63, 3.8) is 0 Å². The number of methoxy groups -OCH3 is 1. The van der Waals surface area contributed by atoms with E-state index in [9.17, 15) is 15.3 Å². The van der Waals surface area contributed by atoms with E-state index < -0.39 is 45.6 Å². The minimum atomic E-state index is -2.24. The summed E-state index contributed by atoms with van der Waals surface area (Å²) in [4.78, 5) is 4.47. The molecule has 0 aliphatic carbocycles. The lowest BCUT2D eigenvalue weighted by Crippen LogP contribution is -2.61. The Morgan fingerprint density at radius 1 is 1.14 bits per heavy atom. The van der Waals surface area contributed by atoms with E-state index in [0.717, 1.165) is 11.3 Å². The minimum absolute atomic E-state index is 0.0731. The van der Waals surface area contributed by atoms with Crippen molar-refractivity contribution in [3.8, 4) is 5.75 Å². The minimum Gasteiger partial charge on any atom is -0.497 e. The first-order valence-electron chi connectivity index (χ1n) is 9.47. The van der Waals surface area contributed by atoms with Crippen molar-refractivity contribution in [2.45, 2.75) is 69.5 Å². The number of nitrogens with zero attached hydrogens (tertiary/aromatic N) is 1. The molecule has 8 heteroatoms. The summed E-state index contributed by atoms with van der Waals surface area (Å²) >= 11 is 0. The van der Waals surface area contributed by atoms with Gasteiger partial charge in [0.2, 0.25) is 0 Å². The van der Waals surface area contributed by atoms with Crippen LogP contribution in [0.5, 0.6) is 5.75 Å². The summed E-state index contributed by atoms with van der Waals surface area (Å²) < 4.78 is 17.3. The van der Waals surface area contributed by atoms with Gasteiger partial charge in [-0.25, -0.2) is 0 Å². The van der Waals surface area contributed by atoms with Crippen molar-refractivity contribution >= 4 is 14.5 Å². The summed E-state index contributed by atoms with van der Waals surface area (Å²) in [6, 6.07) is 6.50. The van der Waals surface area contributed by atoms with Gasteiger partial charge >= 0.3 is 0 Å². The number of aliphatic hydroxyl groups is 3. The molecule has 1 saturated heterocycles. The Morgan fingerprint density at radius 3 is 2.25 bits per heavy atom. The fourth-order valence-corrected chi connectivity index (χ4v) is 3.78. The maximum atomic E-state index is 10.6. The predicted molar refractivity (Wildman–Crippen MR) is 110 cm³/mol. The smallest absolute Gasteiger partial charge is 0.195 e. The summed E-state index contributed by atoms with van der Waals surface area (Å²) in [5, 5.41) is 30.3. The molecule has 7 nitrogen and oxygen atoms in total. The lowest BCUT2D eigenvalue weighted by Gasteiger charge is -2.46. The quantitative estimate of drug-likeness (QED) is 0.489. The molecule has 0 aromatic heterocycles. The van der Waals surface area contributed by atoms with E-state index in [2.05, 4.69) is 38.9 Å². The van der Waals surface area contributed by atoms with E-state index in [4.69, 9.17) is 13.9 Å². The molecule has 1 heterocycles. The topological polar surface area (TPSA) is 101 Å². The second-order valence-corrected chi connectivity index (χ2v) is 13.4. The van der Waals surface area contributed by atoms with Crippen LogP contribution in [0, 0.1) is 0 Å². The van der Waals surface area contributed by atoms with Gasteiger partial charge in [0, 0.05) is 6.21 Å². The molecule has 3 N–H and O–H groups in total. The lowest BCUT2D eigenvalue weighted by atomic mass is 9.97. The second kappa shape index (κ2) is 9.02. The van der Waals surface area contributed by atoms with Gasteiger partial charge in [-0.2, -0.15) is 0 Å². The van der Waals surface area contributed by atoms with Crippen molar-refractivity contribution in [1.82, 2.24) is 0 Å². The largest absolute Gasteiger partial charge is 0.497 e. The molecule has 1 unspecified atom stereocenters. The lowest BCUT2D eigenvalue weighted by molar-refractivity contribution is -0.242. The number of ether oxygens (including phenoxy) is 2. The first-order chi connectivity index (χ1) is 13.0. The fraction of sp³-hybridized carbons (Fsp3) is 0.650. The molecule has 0 bridgehead atoms. The standard InChI is InChI=1S/C20H33NO6Si/c1-20(2,3)28(5,6)27-19-16(18(24)17(23)15(12-22)26-19)21-11-13-7-9-14(25-4)10-8-13/h7-11,15-19,22-24H,12H2,1-6H3/t15-,16-,17-,18-,19?/m1/s1. The Kier molecular flexibility index (Phi) is 7.41. The van der Waals surface area contributed by atoms with Gasteiger partial charge in [0.05, 0.1) is 13.7 Å². The third-order valence-electron chi connectivity index (χ3n) is 5.58. The zero-order valence-corrected chi connectivity index (χ0v) is 18.5.